The Kier molecular flexibility index (Phi) is 5.29. The number of methoxy groups -OCH3 is 1. The highest BCUT2D eigenvalue weighted by molar-refractivity contribution is 5.91. The SMILES string of the molecule is CCC(CO)NC(=O)Nc1ccccc1OC. The number of rotatable bonds is 5. The van der Waals surface area contributed by atoms with Crippen molar-refractivity contribution >= 4 is 11.7 Å². The van der Waals surface area contributed by atoms with E-state index < -0.39 is 0 Å². The van der Waals surface area contributed by atoms with Gasteiger partial charge in [-0.2, -0.15) is 0 Å². The van der Waals surface area contributed by atoms with Crippen molar-refractivity contribution < 1.29 is 14.6 Å². The summed E-state index contributed by atoms with van der Waals surface area (Å²) >= 11 is 0. The van der Waals surface area contributed by atoms with Crippen molar-refractivity contribution in [1.29, 1.82) is 0 Å². The fourth-order valence-corrected chi connectivity index (χ4v) is 1.37. The van der Waals surface area contributed by atoms with Crippen LogP contribution in [0.1, 0.15) is 13.3 Å². The number of nitrogens with one attached hydrogen (secondary N) is 2. The Hall–Kier alpha value is -1.75. The van der Waals surface area contributed by atoms with E-state index in [-0.39, 0.29) is 18.7 Å². The molecule has 0 aromatic heterocycles. The van der Waals surface area contributed by atoms with Gasteiger partial charge in [0, 0.05) is 0 Å². The van der Waals surface area contributed by atoms with Gasteiger partial charge in [-0.15, -0.1) is 0 Å². The largest absolute Gasteiger partial charge is 0.495 e. The van der Waals surface area contributed by atoms with Crippen molar-refractivity contribution in [3.05, 3.63) is 24.3 Å². The highest BCUT2D eigenvalue weighted by atomic mass is 16.5. The van der Waals surface area contributed by atoms with Crippen molar-refractivity contribution in [2.45, 2.75) is 19.4 Å². The van der Waals surface area contributed by atoms with E-state index in [2.05, 4.69) is 10.6 Å². The number of hydrogen-bond acceptors (Lipinski definition) is 3. The van der Waals surface area contributed by atoms with Crippen LogP contribution >= 0.6 is 0 Å². The number of urea groups is 1. The number of aliphatic hydroxyl groups excluding tert-OH is 1. The Labute approximate surface area is 101 Å². The van der Waals surface area contributed by atoms with Gasteiger partial charge < -0.3 is 20.5 Å². The van der Waals surface area contributed by atoms with Gasteiger partial charge in [-0.1, -0.05) is 19.1 Å². The third-order valence-electron chi connectivity index (χ3n) is 2.40. The Morgan fingerprint density at radius 3 is 2.76 bits per heavy atom. The molecule has 0 aliphatic rings. The minimum atomic E-state index is -0.351. The molecule has 0 saturated heterocycles. The monoisotopic (exact) mass is 238 g/mol. The molecule has 0 radical (unpaired) electrons. The van der Waals surface area contributed by atoms with Gasteiger partial charge in [0.05, 0.1) is 25.4 Å². The number of ether oxygens (including phenoxy) is 1. The van der Waals surface area contributed by atoms with Crippen molar-refractivity contribution in [2.75, 3.05) is 19.0 Å². The van der Waals surface area contributed by atoms with E-state index in [0.29, 0.717) is 17.9 Å². The van der Waals surface area contributed by atoms with E-state index in [1.54, 1.807) is 19.2 Å². The van der Waals surface area contributed by atoms with Gasteiger partial charge in [0.25, 0.3) is 0 Å². The lowest BCUT2D eigenvalue weighted by Crippen LogP contribution is -2.39. The first kappa shape index (κ1) is 13.3. The summed E-state index contributed by atoms with van der Waals surface area (Å²) in [7, 11) is 1.54. The maximum absolute atomic E-state index is 11.6. The molecule has 0 aliphatic carbocycles. The van der Waals surface area contributed by atoms with Gasteiger partial charge in [0.1, 0.15) is 5.75 Å². The van der Waals surface area contributed by atoms with Crippen molar-refractivity contribution in [2.24, 2.45) is 0 Å². The Bertz CT molecular complexity index is 365. The molecule has 0 bridgehead atoms. The molecule has 2 amide bonds. The molecule has 17 heavy (non-hydrogen) atoms. The third kappa shape index (κ3) is 3.96. The van der Waals surface area contributed by atoms with Crippen LogP contribution in [0.5, 0.6) is 5.75 Å². The Morgan fingerprint density at radius 1 is 1.47 bits per heavy atom. The van der Waals surface area contributed by atoms with E-state index in [9.17, 15) is 4.79 Å². The van der Waals surface area contributed by atoms with Gasteiger partial charge in [-0.25, -0.2) is 4.79 Å². The molecule has 1 atom stereocenters. The zero-order chi connectivity index (χ0) is 12.7. The minimum Gasteiger partial charge on any atom is -0.495 e. The summed E-state index contributed by atoms with van der Waals surface area (Å²) in [6.07, 6.45) is 0.676. The molecule has 0 fully saturated rings. The zero-order valence-corrected chi connectivity index (χ0v) is 10.1. The number of hydrogen-bond donors (Lipinski definition) is 3. The maximum atomic E-state index is 11.6. The van der Waals surface area contributed by atoms with Crippen LogP contribution in [0, 0.1) is 0 Å². The van der Waals surface area contributed by atoms with Crippen LogP contribution in [-0.4, -0.2) is 30.9 Å². The molecule has 1 unspecified atom stereocenters. The number of aliphatic hydroxyl groups is 1. The molecule has 1 rings (SSSR count). The van der Waals surface area contributed by atoms with Gasteiger partial charge in [-0.3, -0.25) is 0 Å². The summed E-state index contributed by atoms with van der Waals surface area (Å²) in [6.45, 7) is 1.82. The quantitative estimate of drug-likeness (QED) is 0.729. The van der Waals surface area contributed by atoms with Crippen LogP contribution in [0.4, 0.5) is 10.5 Å². The molecular weight excluding hydrogens is 220 g/mol. The lowest BCUT2D eigenvalue weighted by atomic mass is 10.2. The van der Waals surface area contributed by atoms with Crippen molar-refractivity contribution in [3.63, 3.8) is 0 Å². The van der Waals surface area contributed by atoms with Crippen LogP contribution in [0.25, 0.3) is 0 Å². The molecule has 5 heteroatoms. The minimum absolute atomic E-state index is 0.0736. The van der Waals surface area contributed by atoms with Crippen molar-refractivity contribution in [1.82, 2.24) is 5.32 Å². The molecule has 0 aliphatic heterocycles. The molecular formula is C12H18N2O3. The van der Waals surface area contributed by atoms with Crippen molar-refractivity contribution in [3.8, 4) is 5.75 Å². The van der Waals surface area contributed by atoms with Gasteiger partial charge in [-0.05, 0) is 18.6 Å². The van der Waals surface area contributed by atoms with Gasteiger partial charge in [0.15, 0.2) is 0 Å². The van der Waals surface area contributed by atoms with E-state index in [1.165, 1.54) is 0 Å². The lowest BCUT2D eigenvalue weighted by Gasteiger charge is -2.15. The third-order valence-corrected chi connectivity index (χ3v) is 2.40. The van der Waals surface area contributed by atoms with E-state index in [1.807, 2.05) is 19.1 Å². The Balaban J connectivity index is 2.61. The standard InChI is InChI=1S/C12H18N2O3/c1-3-9(8-15)13-12(16)14-10-6-4-5-7-11(10)17-2/h4-7,9,15H,3,8H2,1-2H3,(H2,13,14,16). The van der Waals surface area contributed by atoms with Crippen LogP contribution < -0.4 is 15.4 Å². The molecule has 1 aromatic carbocycles. The van der Waals surface area contributed by atoms with Crippen LogP contribution in [0.15, 0.2) is 24.3 Å². The summed E-state index contributed by atoms with van der Waals surface area (Å²) in [5, 5.41) is 14.3. The predicted molar refractivity (Wildman–Crippen MR) is 66.3 cm³/mol. The average molecular weight is 238 g/mol. The lowest BCUT2D eigenvalue weighted by molar-refractivity contribution is 0.222. The number of benzene rings is 1. The molecule has 1 aromatic rings. The number of carbonyl (C=O) groups excluding carboxylic acids is 1. The summed E-state index contributed by atoms with van der Waals surface area (Å²) in [6, 6.07) is 6.56. The molecule has 0 spiro atoms. The number of amides is 2. The smallest absolute Gasteiger partial charge is 0.319 e. The average Bonchev–Trinajstić information content (AvgIpc) is 2.36. The number of anilines is 1. The summed E-state index contributed by atoms with van der Waals surface area (Å²) in [5.41, 5.74) is 0.597. The fourth-order valence-electron chi connectivity index (χ4n) is 1.37. The zero-order valence-electron chi connectivity index (χ0n) is 10.1. The highest BCUT2D eigenvalue weighted by Crippen LogP contribution is 2.22. The normalized spacial score (nSPS) is 11.7. The molecule has 0 heterocycles. The second-order valence-electron chi connectivity index (χ2n) is 3.59. The van der Waals surface area contributed by atoms with E-state index in [0.717, 1.165) is 0 Å². The second kappa shape index (κ2) is 6.75. The fraction of sp³-hybridized carbons (Fsp3) is 0.417. The molecule has 0 saturated carbocycles. The summed E-state index contributed by atoms with van der Waals surface area (Å²) in [5.74, 6) is 0.597. The van der Waals surface area contributed by atoms with Crippen LogP contribution in [-0.2, 0) is 0 Å². The van der Waals surface area contributed by atoms with E-state index >= 15 is 0 Å². The molecule has 94 valence electrons. The summed E-state index contributed by atoms with van der Waals surface area (Å²) in [4.78, 5) is 11.6. The first-order valence-corrected chi connectivity index (χ1v) is 5.52. The van der Waals surface area contributed by atoms with Gasteiger partial charge in [0.2, 0.25) is 0 Å². The number of carbonyl (C=O) groups is 1. The number of para-hydroxylation sites is 2. The maximum Gasteiger partial charge on any atom is 0.319 e. The van der Waals surface area contributed by atoms with E-state index in [4.69, 9.17) is 9.84 Å². The first-order valence-electron chi connectivity index (χ1n) is 5.52. The second-order valence-corrected chi connectivity index (χ2v) is 3.59. The van der Waals surface area contributed by atoms with Crippen LogP contribution in [0.3, 0.4) is 0 Å². The Morgan fingerprint density at radius 2 is 2.18 bits per heavy atom. The van der Waals surface area contributed by atoms with Gasteiger partial charge >= 0.3 is 6.03 Å². The highest BCUT2D eigenvalue weighted by Gasteiger charge is 2.10. The molecule has 5 nitrogen and oxygen atoms in total. The topological polar surface area (TPSA) is 70.6 Å². The predicted octanol–water partition coefficient (Wildman–Crippen LogP) is 1.59. The first-order chi connectivity index (χ1) is 8.21. The summed E-state index contributed by atoms with van der Waals surface area (Å²) < 4.78 is 5.11. The molecule has 3 N–H and O–H groups in total. The van der Waals surface area contributed by atoms with Crippen LogP contribution in [0.2, 0.25) is 0 Å².